The number of carbonyl (C=O) groups excluding carboxylic acids is 3. The SMILES string of the molecule is CCCCCC[C@@H](NC(=O)c1cccnc1)C(=O)N[C@@H](Cc1ccccc1)[C@@H](O)[C@H](O)[C@@H](CC#N)NC(C)=O. The van der Waals surface area contributed by atoms with E-state index in [-0.39, 0.29) is 12.8 Å². The maximum atomic E-state index is 13.5. The molecule has 2 aromatic rings. The summed E-state index contributed by atoms with van der Waals surface area (Å²) < 4.78 is 0. The Kier molecular flexibility index (Phi) is 13.6. The number of aliphatic hydroxyl groups is 2. The molecule has 0 unspecified atom stereocenters. The molecule has 0 fully saturated rings. The molecule has 5 N–H and O–H groups in total. The second kappa shape index (κ2) is 16.9. The Hall–Kier alpha value is -3.81. The van der Waals surface area contributed by atoms with Gasteiger partial charge >= 0.3 is 0 Å². The van der Waals surface area contributed by atoms with Crippen molar-refractivity contribution in [1.82, 2.24) is 20.9 Å². The van der Waals surface area contributed by atoms with Crippen molar-refractivity contribution in [3.05, 3.63) is 66.0 Å². The van der Waals surface area contributed by atoms with Gasteiger partial charge in [0.1, 0.15) is 18.2 Å². The van der Waals surface area contributed by atoms with Gasteiger partial charge in [0.25, 0.3) is 5.91 Å². The highest BCUT2D eigenvalue weighted by Crippen LogP contribution is 2.15. The number of nitriles is 1. The quantitative estimate of drug-likeness (QED) is 0.204. The summed E-state index contributed by atoms with van der Waals surface area (Å²) in [6.07, 6.45) is 3.85. The maximum Gasteiger partial charge on any atom is 0.253 e. The van der Waals surface area contributed by atoms with E-state index in [0.717, 1.165) is 24.8 Å². The lowest BCUT2D eigenvalue weighted by Gasteiger charge is -2.33. The molecule has 0 saturated heterocycles. The van der Waals surface area contributed by atoms with Crippen LogP contribution in [-0.2, 0) is 16.0 Å². The molecule has 2 rings (SSSR count). The Balaban J connectivity index is 2.27. The summed E-state index contributed by atoms with van der Waals surface area (Å²) in [7, 11) is 0. The Morgan fingerprint density at radius 2 is 1.67 bits per heavy atom. The van der Waals surface area contributed by atoms with Crippen LogP contribution in [0.5, 0.6) is 0 Å². The first-order valence-corrected chi connectivity index (χ1v) is 13.3. The van der Waals surface area contributed by atoms with Gasteiger partial charge in [-0.2, -0.15) is 5.26 Å². The van der Waals surface area contributed by atoms with Crippen LogP contribution in [0.4, 0.5) is 0 Å². The predicted molar refractivity (Wildman–Crippen MR) is 146 cm³/mol. The van der Waals surface area contributed by atoms with Gasteiger partial charge < -0.3 is 26.2 Å². The number of unbranched alkanes of at least 4 members (excludes halogenated alkanes) is 3. The number of pyridine rings is 1. The lowest BCUT2D eigenvalue weighted by Crippen LogP contribution is -2.58. The number of hydrogen-bond acceptors (Lipinski definition) is 7. The number of rotatable bonds is 16. The molecule has 39 heavy (non-hydrogen) atoms. The Labute approximate surface area is 229 Å². The maximum absolute atomic E-state index is 13.5. The van der Waals surface area contributed by atoms with E-state index in [2.05, 4.69) is 27.9 Å². The minimum Gasteiger partial charge on any atom is -0.388 e. The Bertz CT molecular complexity index is 1080. The number of nitrogens with zero attached hydrogens (tertiary/aromatic N) is 2. The number of aromatic nitrogens is 1. The molecule has 0 saturated carbocycles. The van der Waals surface area contributed by atoms with E-state index in [1.165, 1.54) is 13.1 Å². The summed E-state index contributed by atoms with van der Waals surface area (Å²) in [5.41, 5.74) is 1.11. The fourth-order valence-electron chi connectivity index (χ4n) is 4.28. The van der Waals surface area contributed by atoms with Crippen molar-refractivity contribution < 1.29 is 24.6 Å². The molecule has 10 nitrogen and oxygen atoms in total. The molecular formula is C29H39N5O5. The van der Waals surface area contributed by atoms with E-state index < -0.39 is 48.1 Å². The topological polar surface area (TPSA) is 164 Å². The lowest BCUT2D eigenvalue weighted by molar-refractivity contribution is -0.127. The first-order valence-electron chi connectivity index (χ1n) is 13.3. The van der Waals surface area contributed by atoms with Gasteiger partial charge in [-0.25, -0.2) is 0 Å². The fraction of sp³-hybridized carbons (Fsp3) is 0.483. The molecule has 0 aliphatic carbocycles. The second-order valence-electron chi connectivity index (χ2n) is 9.57. The van der Waals surface area contributed by atoms with Crippen LogP contribution in [0.3, 0.4) is 0 Å². The Morgan fingerprint density at radius 1 is 0.949 bits per heavy atom. The van der Waals surface area contributed by atoms with Gasteiger partial charge in [-0.15, -0.1) is 0 Å². The first-order chi connectivity index (χ1) is 18.8. The molecule has 0 spiro atoms. The molecule has 0 bridgehead atoms. The molecular weight excluding hydrogens is 498 g/mol. The molecule has 0 aliphatic rings. The smallest absolute Gasteiger partial charge is 0.253 e. The van der Waals surface area contributed by atoms with Gasteiger partial charge in [0.2, 0.25) is 11.8 Å². The molecule has 0 aliphatic heterocycles. The van der Waals surface area contributed by atoms with Crippen LogP contribution in [0.2, 0.25) is 0 Å². The minimum absolute atomic E-state index is 0.170. The molecule has 10 heteroatoms. The third kappa shape index (κ3) is 10.8. The number of amides is 3. The van der Waals surface area contributed by atoms with Crippen molar-refractivity contribution in [3.8, 4) is 6.07 Å². The third-order valence-electron chi connectivity index (χ3n) is 6.39. The van der Waals surface area contributed by atoms with Crippen LogP contribution < -0.4 is 16.0 Å². The zero-order valence-corrected chi connectivity index (χ0v) is 22.5. The lowest BCUT2D eigenvalue weighted by atomic mass is 9.92. The zero-order valence-electron chi connectivity index (χ0n) is 22.5. The molecule has 1 aromatic heterocycles. The van der Waals surface area contributed by atoms with E-state index in [0.29, 0.717) is 18.4 Å². The van der Waals surface area contributed by atoms with Gasteiger partial charge in [0.05, 0.1) is 30.1 Å². The summed E-state index contributed by atoms with van der Waals surface area (Å²) >= 11 is 0. The highest BCUT2D eigenvalue weighted by Gasteiger charge is 2.35. The van der Waals surface area contributed by atoms with Crippen LogP contribution in [-0.4, -0.2) is 63.3 Å². The number of carbonyl (C=O) groups is 3. The largest absolute Gasteiger partial charge is 0.388 e. The number of aliphatic hydroxyl groups excluding tert-OH is 2. The average Bonchev–Trinajstić information content (AvgIpc) is 2.94. The van der Waals surface area contributed by atoms with E-state index in [1.54, 1.807) is 18.3 Å². The summed E-state index contributed by atoms with van der Waals surface area (Å²) in [6, 6.07) is 11.4. The third-order valence-corrected chi connectivity index (χ3v) is 6.39. The highest BCUT2D eigenvalue weighted by atomic mass is 16.3. The van der Waals surface area contributed by atoms with Crippen molar-refractivity contribution >= 4 is 17.7 Å². The second-order valence-corrected chi connectivity index (χ2v) is 9.57. The Morgan fingerprint density at radius 3 is 2.28 bits per heavy atom. The van der Waals surface area contributed by atoms with E-state index >= 15 is 0 Å². The molecule has 0 radical (unpaired) electrons. The first kappa shape index (κ1) is 31.4. The van der Waals surface area contributed by atoms with Crippen molar-refractivity contribution in [2.75, 3.05) is 0 Å². The fourth-order valence-corrected chi connectivity index (χ4v) is 4.28. The van der Waals surface area contributed by atoms with Crippen molar-refractivity contribution in [3.63, 3.8) is 0 Å². The van der Waals surface area contributed by atoms with Crippen LogP contribution in [0.1, 0.15) is 68.3 Å². The van der Waals surface area contributed by atoms with Gasteiger partial charge in [0.15, 0.2) is 0 Å². The van der Waals surface area contributed by atoms with Gasteiger partial charge in [-0.3, -0.25) is 19.4 Å². The average molecular weight is 538 g/mol. The van der Waals surface area contributed by atoms with Crippen LogP contribution in [0.15, 0.2) is 54.9 Å². The van der Waals surface area contributed by atoms with Crippen LogP contribution in [0.25, 0.3) is 0 Å². The van der Waals surface area contributed by atoms with Crippen LogP contribution in [0, 0.1) is 11.3 Å². The highest BCUT2D eigenvalue weighted by molar-refractivity contribution is 5.97. The van der Waals surface area contributed by atoms with E-state index in [1.807, 2.05) is 36.4 Å². The molecule has 210 valence electrons. The van der Waals surface area contributed by atoms with Gasteiger partial charge in [-0.1, -0.05) is 62.9 Å². The summed E-state index contributed by atoms with van der Waals surface area (Å²) in [5.74, 6) is -1.42. The van der Waals surface area contributed by atoms with E-state index in [4.69, 9.17) is 5.26 Å². The standard InChI is InChI=1S/C29H39N5O5/c1-3-4-5-9-14-24(33-28(38)22-13-10-17-31-19-22)29(39)34-25(18-21-11-7-6-8-12-21)27(37)26(36)23(15-16-30)32-20(2)35/h6-8,10-13,17,19,23-27,36-37H,3-5,9,14-15,18H2,1-2H3,(H,32,35)(H,33,38)(H,34,39)/t23-,24-,25+,26-,27-/m1/s1. The summed E-state index contributed by atoms with van der Waals surface area (Å²) in [6.45, 7) is 3.33. The number of nitrogens with one attached hydrogen (secondary N) is 3. The van der Waals surface area contributed by atoms with E-state index in [9.17, 15) is 24.6 Å². The molecule has 5 atom stereocenters. The number of hydrogen-bond donors (Lipinski definition) is 5. The monoisotopic (exact) mass is 537 g/mol. The normalized spacial score (nSPS) is 14.6. The minimum atomic E-state index is -1.53. The van der Waals surface area contributed by atoms with Crippen LogP contribution >= 0.6 is 0 Å². The zero-order chi connectivity index (χ0) is 28.6. The predicted octanol–water partition coefficient (Wildman–Crippen LogP) is 2.02. The van der Waals surface area contributed by atoms with Gasteiger partial charge in [0, 0.05) is 19.3 Å². The van der Waals surface area contributed by atoms with Gasteiger partial charge in [-0.05, 0) is 30.5 Å². The van der Waals surface area contributed by atoms with Crippen molar-refractivity contribution in [2.45, 2.75) is 89.1 Å². The molecule has 1 heterocycles. The van der Waals surface area contributed by atoms with Crippen molar-refractivity contribution in [2.24, 2.45) is 0 Å². The molecule has 1 aromatic carbocycles. The number of benzene rings is 1. The molecule has 3 amide bonds. The van der Waals surface area contributed by atoms with Crippen molar-refractivity contribution in [1.29, 1.82) is 5.26 Å². The summed E-state index contributed by atoms with van der Waals surface area (Å²) in [4.78, 5) is 41.9. The summed E-state index contributed by atoms with van der Waals surface area (Å²) in [5, 5.41) is 39.3.